The van der Waals surface area contributed by atoms with Crippen molar-refractivity contribution in [3.8, 4) is 0 Å². The maximum Gasteiger partial charge on any atom is 0.131 e. The fourth-order valence-corrected chi connectivity index (χ4v) is 1.72. The first-order valence-corrected chi connectivity index (χ1v) is 6.52. The molecule has 0 bridgehead atoms. The van der Waals surface area contributed by atoms with E-state index in [9.17, 15) is 0 Å². The third-order valence-corrected chi connectivity index (χ3v) is 2.76. The van der Waals surface area contributed by atoms with Gasteiger partial charge in [0.2, 0.25) is 0 Å². The molecule has 1 heterocycles. The normalized spacial score (nSPS) is 11.4. The van der Waals surface area contributed by atoms with Crippen molar-refractivity contribution in [2.75, 3.05) is 0 Å². The van der Waals surface area contributed by atoms with Crippen LogP contribution in [0.25, 0.3) is 0 Å². The highest BCUT2D eigenvalue weighted by Gasteiger charge is 2.01. The van der Waals surface area contributed by atoms with Crippen LogP contribution in [0.2, 0.25) is 0 Å². The number of azo groups is 2. The van der Waals surface area contributed by atoms with E-state index < -0.39 is 0 Å². The van der Waals surface area contributed by atoms with Gasteiger partial charge in [0.25, 0.3) is 0 Å². The number of H-pyrrole nitrogens is 1. The average Bonchev–Trinajstić information content (AvgIpc) is 3.00. The number of hydrogen-bond donors (Lipinski definition) is 1. The third kappa shape index (κ3) is 3.48. The Morgan fingerprint density at radius 1 is 0.524 bits per heavy atom. The Bertz CT molecular complexity index is 681. The molecular weight excluding hydrogens is 262 g/mol. The molecule has 21 heavy (non-hydrogen) atoms. The summed E-state index contributed by atoms with van der Waals surface area (Å²) < 4.78 is 0. The minimum Gasteiger partial charge on any atom is -0.364 e. The summed E-state index contributed by atoms with van der Waals surface area (Å²) >= 11 is 0. The van der Waals surface area contributed by atoms with Gasteiger partial charge in [0.1, 0.15) is 11.4 Å². The maximum atomic E-state index is 4.19. The molecule has 0 radical (unpaired) electrons. The van der Waals surface area contributed by atoms with E-state index in [4.69, 9.17) is 0 Å². The summed E-state index contributed by atoms with van der Waals surface area (Å²) in [5, 5.41) is 16.7. The summed E-state index contributed by atoms with van der Waals surface area (Å²) in [6, 6.07) is 19.1. The molecule has 0 aliphatic rings. The van der Waals surface area contributed by atoms with Crippen molar-refractivity contribution in [2.45, 2.75) is 0 Å². The van der Waals surface area contributed by atoms with Crippen LogP contribution in [0, 0.1) is 0 Å². The number of nitrogens with one attached hydrogen (secondary N) is 1. The van der Waals surface area contributed by atoms with Crippen molar-refractivity contribution >= 4 is 22.7 Å². The molecule has 1 N–H and O–H groups in total. The summed E-state index contributed by atoms with van der Waals surface area (Å²) in [6.45, 7) is 0. The molecule has 2 aromatic carbocycles. The van der Waals surface area contributed by atoms with Crippen LogP contribution in [-0.4, -0.2) is 4.98 Å². The van der Waals surface area contributed by atoms with Crippen LogP contribution in [0.15, 0.2) is 93.5 Å². The van der Waals surface area contributed by atoms with Gasteiger partial charge in [-0.25, -0.2) is 0 Å². The van der Waals surface area contributed by atoms with Gasteiger partial charge in [0.15, 0.2) is 0 Å². The fraction of sp³-hybridized carbons (Fsp3) is 0. The van der Waals surface area contributed by atoms with Crippen molar-refractivity contribution in [2.24, 2.45) is 20.5 Å². The van der Waals surface area contributed by atoms with Gasteiger partial charge in [0, 0.05) is 12.4 Å². The number of hydrogen-bond acceptors (Lipinski definition) is 4. The predicted molar refractivity (Wildman–Crippen MR) is 82.0 cm³/mol. The second-order valence-corrected chi connectivity index (χ2v) is 4.30. The summed E-state index contributed by atoms with van der Waals surface area (Å²) in [7, 11) is 0. The highest BCUT2D eigenvalue weighted by atomic mass is 15.2. The Hall–Kier alpha value is -3.08. The van der Waals surface area contributed by atoms with Gasteiger partial charge in [-0.05, 0) is 24.3 Å². The molecule has 0 fully saturated rings. The molecule has 0 atom stereocenters. The van der Waals surface area contributed by atoms with Crippen molar-refractivity contribution in [3.63, 3.8) is 0 Å². The number of benzene rings is 2. The van der Waals surface area contributed by atoms with E-state index in [1.807, 2.05) is 60.7 Å². The number of rotatable bonds is 4. The van der Waals surface area contributed by atoms with Crippen LogP contribution in [-0.2, 0) is 0 Å². The molecular formula is C16H13N5. The first kappa shape index (κ1) is 12.9. The molecule has 0 aliphatic heterocycles. The van der Waals surface area contributed by atoms with Crippen molar-refractivity contribution in [3.05, 3.63) is 73.1 Å². The van der Waals surface area contributed by atoms with Crippen molar-refractivity contribution in [1.29, 1.82) is 0 Å². The zero-order chi connectivity index (χ0) is 14.3. The fourth-order valence-electron chi connectivity index (χ4n) is 1.72. The monoisotopic (exact) mass is 275 g/mol. The molecule has 5 heteroatoms. The summed E-state index contributed by atoms with van der Waals surface area (Å²) in [4.78, 5) is 2.96. The largest absolute Gasteiger partial charge is 0.364 e. The number of nitrogens with zero attached hydrogens (tertiary/aromatic N) is 4. The summed E-state index contributed by atoms with van der Waals surface area (Å²) in [5.74, 6) is 0. The Morgan fingerprint density at radius 2 is 0.952 bits per heavy atom. The van der Waals surface area contributed by atoms with Gasteiger partial charge < -0.3 is 4.98 Å². The molecule has 5 nitrogen and oxygen atoms in total. The van der Waals surface area contributed by atoms with Gasteiger partial charge in [0.05, 0.1) is 11.4 Å². The Labute approximate surface area is 122 Å². The molecule has 1 aromatic heterocycles. The number of aromatic nitrogens is 1. The van der Waals surface area contributed by atoms with Crippen LogP contribution < -0.4 is 0 Å². The van der Waals surface area contributed by atoms with Gasteiger partial charge in [-0.15, -0.1) is 10.2 Å². The SMILES string of the molecule is c1ccc(N=Nc2c[nH]cc2N=Nc2ccccc2)cc1. The lowest BCUT2D eigenvalue weighted by Gasteiger charge is -1.92. The van der Waals surface area contributed by atoms with E-state index in [1.165, 1.54) is 0 Å². The maximum absolute atomic E-state index is 4.19. The highest BCUT2D eigenvalue weighted by molar-refractivity contribution is 5.60. The van der Waals surface area contributed by atoms with E-state index in [2.05, 4.69) is 25.4 Å². The second-order valence-electron chi connectivity index (χ2n) is 4.30. The van der Waals surface area contributed by atoms with E-state index in [0.717, 1.165) is 11.4 Å². The van der Waals surface area contributed by atoms with Crippen LogP contribution in [0.1, 0.15) is 0 Å². The van der Waals surface area contributed by atoms with Crippen LogP contribution in [0.4, 0.5) is 22.7 Å². The van der Waals surface area contributed by atoms with Crippen molar-refractivity contribution < 1.29 is 0 Å². The minimum absolute atomic E-state index is 0.651. The molecule has 0 saturated heterocycles. The van der Waals surface area contributed by atoms with E-state index in [1.54, 1.807) is 12.4 Å². The quantitative estimate of drug-likeness (QED) is 0.581. The first-order valence-electron chi connectivity index (χ1n) is 6.52. The van der Waals surface area contributed by atoms with Gasteiger partial charge >= 0.3 is 0 Å². The lowest BCUT2D eigenvalue weighted by molar-refractivity contribution is 1.20. The predicted octanol–water partition coefficient (Wildman–Crippen LogP) is 5.85. The molecule has 3 rings (SSSR count). The lowest BCUT2D eigenvalue weighted by Crippen LogP contribution is -1.62. The Kier molecular flexibility index (Phi) is 3.93. The van der Waals surface area contributed by atoms with E-state index >= 15 is 0 Å². The summed E-state index contributed by atoms with van der Waals surface area (Å²) in [5.41, 5.74) is 2.89. The average molecular weight is 275 g/mol. The standard InChI is InChI=1S/C16H13N5/c1-3-7-13(8-4-1)18-20-15-11-17-12-16(15)21-19-14-9-5-2-6-10-14/h1-12,17H. The highest BCUT2D eigenvalue weighted by Crippen LogP contribution is 2.30. The minimum atomic E-state index is 0.651. The Balaban J connectivity index is 1.78. The molecule has 102 valence electrons. The van der Waals surface area contributed by atoms with E-state index in [0.29, 0.717) is 11.4 Å². The van der Waals surface area contributed by atoms with Crippen molar-refractivity contribution in [1.82, 2.24) is 4.98 Å². The zero-order valence-corrected chi connectivity index (χ0v) is 11.2. The second kappa shape index (κ2) is 6.38. The van der Waals surface area contributed by atoms with Gasteiger partial charge in [-0.2, -0.15) is 10.2 Å². The summed E-state index contributed by atoms with van der Waals surface area (Å²) in [6.07, 6.45) is 3.48. The van der Waals surface area contributed by atoms with Crippen LogP contribution in [0.3, 0.4) is 0 Å². The van der Waals surface area contributed by atoms with Crippen LogP contribution >= 0.6 is 0 Å². The smallest absolute Gasteiger partial charge is 0.131 e. The first-order chi connectivity index (χ1) is 10.4. The molecule has 0 saturated carbocycles. The Morgan fingerprint density at radius 3 is 1.38 bits per heavy atom. The van der Waals surface area contributed by atoms with Gasteiger partial charge in [-0.1, -0.05) is 36.4 Å². The topological polar surface area (TPSA) is 65.2 Å². The molecule has 0 aliphatic carbocycles. The number of aromatic amines is 1. The lowest BCUT2D eigenvalue weighted by atomic mass is 10.3. The molecule has 0 amide bonds. The van der Waals surface area contributed by atoms with E-state index in [-0.39, 0.29) is 0 Å². The molecule has 3 aromatic rings. The molecule has 0 spiro atoms. The van der Waals surface area contributed by atoms with Gasteiger partial charge in [-0.3, -0.25) is 0 Å². The molecule has 0 unspecified atom stereocenters. The zero-order valence-electron chi connectivity index (χ0n) is 11.2. The van der Waals surface area contributed by atoms with Crippen LogP contribution in [0.5, 0.6) is 0 Å². The third-order valence-electron chi connectivity index (χ3n) is 2.76.